The lowest BCUT2D eigenvalue weighted by atomic mass is 10.1. The Kier molecular flexibility index (Phi) is 3.79. The van der Waals surface area contributed by atoms with Gasteiger partial charge in [0.25, 0.3) is 0 Å². The molecule has 0 aliphatic rings. The van der Waals surface area contributed by atoms with Gasteiger partial charge in [-0.3, -0.25) is 4.98 Å². The Morgan fingerprint density at radius 3 is 2.67 bits per heavy atom. The van der Waals surface area contributed by atoms with Crippen LogP contribution in [0.1, 0.15) is 11.3 Å². The third-order valence-electron chi connectivity index (χ3n) is 3.48. The molecule has 4 heteroatoms. The van der Waals surface area contributed by atoms with Crippen molar-refractivity contribution in [1.82, 2.24) is 9.97 Å². The van der Waals surface area contributed by atoms with E-state index in [4.69, 9.17) is 0 Å². The molecule has 0 saturated carbocycles. The number of hydrogen-bond donors (Lipinski definition) is 1. The van der Waals surface area contributed by atoms with Crippen molar-refractivity contribution < 1.29 is 5.11 Å². The maximum Gasteiger partial charge on any atom is 0.129 e. The fourth-order valence-electron chi connectivity index (χ4n) is 2.37. The molecule has 0 amide bonds. The zero-order valence-electron chi connectivity index (χ0n) is 11.9. The highest BCUT2D eigenvalue weighted by Crippen LogP contribution is 2.23. The second-order valence-electron chi connectivity index (χ2n) is 4.99. The van der Waals surface area contributed by atoms with Crippen LogP contribution in [-0.4, -0.2) is 22.1 Å². The van der Waals surface area contributed by atoms with Gasteiger partial charge in [0.1, 0.15) is 5.82 Å². The molecule has 0 radical (unpaired) electrons. The van der Waals surface area contributed by atoms with Crippen molar-refractivity contribution in [2.45, 2.75) is 13.2 Å². The fraction of sp³-hybridized carbons (Fsp3) is 0.176. The van der Waals surface area contributed by atoms with Gasteiger partial charge in [0.15, 0.2) is 0 Å². The van der Waals surface area contributed by atoms with Gasteiger partial charge in [-0.1, -0.05) is 24.3 Å². The van der Waals surface area contributed by atoms with Crippen LogP contribution in [0, 0.1) is 0 Å². The van der Waals surface area contributed by atoms with Crippen molar-refractivity contribution in [2.75, 3.05) is 11.9 Å². The van der Waals surface area contributed by atoms with Gasteiger partial charge in [0.05, 0.1) is 24.4 Å². The monoisotopic (exact) mass is 279 g/mol. The van der Waals surface area contributed by atoms with E-state index in [1.165, 1.54) is 0 Å². The van der Waals surface area contributed by atoms with E-state index in [0.717, 1.165) is 28.0 Å². The standard InChI is InChI=1S/C17H17N3O/c1-20(11-14-6-4-5-9-18-14)17-10-13(12-21)15-7-2-3-8-16(15)19-17/h2-10,21H,11-12H2,1H3. The predicted molar refractivity (Wildman–Crippen MR) is 84.0 cm³/mol. The van der Waals surface area contributed by atoms with Crippen LogP contribution in [-0.2, 0) is 13.2 Å². The van der Waals surface area contributed by atoms with Crippen molar-refractivity contribution in [2.24, 2.45) is 0 Å². The molecule has 1 N–H and O–H groups in total. The number of nitrogens with zero attached hydrogens (tertiary/aromatic N) is 3. The molecule has 1 aromatic carbocycles. The van der Waals surface area contributed by atoms with Crippen molar-refractivity contribution in [1.29, 1.82) is 0 Å². The molecule has 3 aromatic rings. The van der Waals surface area contributed by atoms with Gasteiger partial charge in [-0.2, -0.15) is 0 Å². The van der Waals surface area contributed by atoms with E-state index in [-0.39, 0.29) is 6.61 Å². The number of anilines is 1. The van der Waals surface area contributed by atoms with Crippen molar-refractivity contribution in [3.8, 4) is 0 Å². The van der Waals surface area contributed by atoms with Crippen molar-refractivity contribution in [3.05, 3.63) is 66.0 Å². The summed E-state index contributed by atoms with van der Waals surface area (Å²) < 4.78 is 0. The second kappa shape index (κ2) is 5.89. The summed E-state index contributed by atoms with van der Waals surface area (Å²) in [6, 6.07) is 15.7. The number of aromatic nitrogens is 2. The van der Waals surface area contributed by atoms with Crippen molar-refractivity contribution >= 4 is 16.7 Å². The topological polar surface area (TPSA) is 49.2 Å². The van der Waals surface area contributed by atoms with Crippen LogP contribution in [0.25, 0.3) is 10.9 Å². The minimum Gasteiger partial charge on any atom is -0.392 e. The summed E-state index contributed by atoms with van der Waals surface area (Å²) in [5.74, 6) is 0.836. The molecule has 21 heavy (non-hydrogen) atoms. The molecule has 0 spiro atoms. The second-order valence-corrected chi connectivity index (χ2v) is 4.99. The molecule has 2 heterocycles. The van der Waals surface area contributed by atoms with Gasteiger partial charge in [-0.05, 0) is 29.8 Å². The highest BCUT2D eigenvalue weighted by molar-refractivity contribution is 5.84. The van der Waals surface area contributed by atoms with Gasteiger partial charge in [0, 0.05) is 18.6 Å². The molecular weight excluding hydrogens is 262 g/mol. The zero-order chi connectivity index (χ0) is 14.7. The largest absolute Gasteiger partial charge is 0.392 e. The van der Waals surface area contributed by atoms with Crippen LogP contribution in [0.4, 0.5) is 5.82 Å². The molecule has 106 valence electrons. The lowest BCUT2D eigenvalue weighted by Crippen LogP contribution is -2.18. The minimum atomic E-state index is 0.00740. The first-order valence-electron chi connectivity index (χ1n) is 6.88. The highest BCUT2D eigenvalue weighted by Gasteiger charge is 2.09. The molecule has 0 aliphatic carbocycles. The SMILES string of the molecule is CN(Cc1ccccn1)c1cc(CO)c2ccccc2n1. The number of para-hydroxylation sites is 1. The van der Waals surface area contributed by atoms with E-state index < -0.39 is 0 Å². The van der Waals surface area contributed by atoms with E-state index in [0.29, 0.717) is 6.54 Å². The quantitative estimate of drug-likeness (QED) is 0.798. The van der Waals surface area contributed by atoms with Crippen LogP contribution in [0.15, 0.2) is 54.7 Å². The Labute approximate surface area is 123 Å². The lowest BCUT2D eigenvalue weighted by molar-refractivity contribution is 0.283. The highest BCUT2D eigenvalue weighted by atomic mass is 16.3. The average molecular weight is 279 g/mol. The number of pyridine rings is 2. The summed E-state index contributed by atoms with van der Waals surface area (Å²) >= 11 is 0. The first-order valence-corrected chi connectivity index (χ1v) is 6.88. The maximum atomic E-state index is 9.57. The normalized spacial score (nSPS) is 10.8. The molecule has 0 saturated heterocycles. The summed E-state index contributed by atoms with van der Waals surface area (Å²) in [7, 11) is 1.98. The maximum absolute atomic E-state index is 9.57. The lowest BCUT2D eigenvalue weighted by Gasteiger charge is -2.19. The number of aliphatic hydroxyl groups excluding tert-OH is 1. The van der Waals surface area contributed by atoms with Gasteiger partial charge in [-0.15, -0.1) is 0 Å². The first kappa shape index (κ1) is 13.5. The average Bonchev–Trinajstić information content (AvgIpc) is 2.54. The molecule has 0 aliphatic heterocycles. The van der Waals surface area contributed by atoms with Crippen LogP contribution in [0.3, 0.4) is 0 Å². The van der Waals surface area contributed by atoms with Crippen LogP contribution in [0.5, 0.6) is 0 Å². The summed E-state index contributed by atoms with van der Waals surface area (Å²) in [6.07, 6.45) is 1.79. The molecule has 4 nitrogen and oxygen atoms in total. The third-order valence-corrected chi connectivity index (χ3v) is 3.48. The predicted octanol–water partition coefficient (Wildman–Crippen LogP) is 2.76. The molecular formula is C17H17N3O. The summed E-state index contributed by atoms with van der Waals surface area (Å²) in [4.78, 5) is 11.0. The Morgan fingerprint density at radius 1 is 1.10 bits per heavy atom. The van der Waals surface area contributed by atoms with Gasteiger partial charge in [-0.25, -0.2) is 4.98 Å². The number of aliphatic hydroxyl groups is 1. The van der Waals surface area contributed by atoms with Gasteiger partial charge < -0.3 is 10.0 Å². The van der Waals surface area contributed by atoms with E-state index in [2.05, 4.69) is 9.97 Å². The van der Waals surface area contributed by atoms with E-state index in [1.54, 1.807) is 6.20 Å². The zero-order valence-corrected chi connectivity index (χ0v) is 11.9. The number of hydrogen-bond acceptors (Lipinski definition) is 4. The Hall–Kier alpha value is -2.46. The van der Waals surface area contributed by atoms with Crippen LogP contribution >= 0.6 is 0 Å². The van der Waals surface area contributed by atoms with Gasteiger partial charge in [0.2, 0.25) is 0 Å². The smallest absolute Gasteiger partial charge is 0.129 e. The molecule has 0 atom stereocenters. The Bertz CT molecular complexity index is 743. The molecule has 0 fully saturated rings. The van der Waals surface area contributed by atoms with Gasteiger partial charge >= 0.3 is 0 Å². The summed E-state index contributed by atoms with van der Waals surface area (Å²) in [5, 5.41) is 10.6. The Balaban J connectivity index is 1.96. The van der Waals surface area contributed by atoms with Crippen LogP contribution in [0.2, 0.25) is 0 Å². The summed E-state index contributed by atoms with van der Waals surface area (Å²) in [5.41, 5.74) is 2.77. The van der Waals surface area contributed by atoms with Crippen molar-refractivity contribution in [3.63, 3.8) is 0 Å². The number of rotatable bonds is 4. The van der Waals surface area contributed by atoms with E-state index >= 15 is 0 Å². The third kappa shape index (κ3) is 2.85. The Morgan fingerprint density at radius 2 is 1.90 bits per heavy atom. The molecule has 0 bridgehead atoms. The first-order chi connectivity index (χ1) is 10.3. The van der Waals surface area contributed by atoms with E-state index in [1.807, 2.05) is 60.5 Å². The molecule has 2 aromatic heterocycles. The number of fused-ring (bicyclic) bond motifs is 1. The van der Waals surface area contributed by atoms with E-state index in [9.17, 15) is 5.11 Å². The summed E-state index contributed by atoms with van der Waals surface area (Å²) in [6.45, 7) is 0.685. The number of benzene rings is 1. The van der Waals surface area contributed by atoms with Crippen LogP contribution < -0.4 is 4.90 Å². The molecule has 0 unspecified atom stereocenters. The fourth-order valence-corrected chi connectivity index (χ4v) is 2.37. The minimum absolute atomic E-state index is 0.00740. The molecule has 3 rings (SSSR count).